The van der Waals surface area contributed by atoms with Gasteiger partial charge in [0, 0.05) is 35.6 Å². The van der Waals surface area contributed by atoms with Crippen LogP contribution in [0.3, 0.4) is 0 Å². The van der Waals surface area contributed by atoms with Crippen LogP contribution in [0.5, 0.6) is 0 Å². The molecule has 1 atom stereocenters. The fraction of sp³-hybridized carbons (Fsp3) is 0.222. The standard InChI is InChI=1S/C27H27N3O3/c1-17-6-4-8-22(13-17)28-26(32)20-7-5-9-23(14-20)30-16-21(15-25(30)31)27(33)29-24-11-10-18(2)12-19(24)3/h4-14,21H,15-16H2,1-3H3,(H,28,32)(H,29,33)/t21-/m0/s1. The maximum Gasteiger partial charge on any atom is 0.255 e. The summed E-state index contributed by atoms with van der Waals surface area (Å²) in [5.41, 5.74) is 5.69. The van der Waals surface area contributed by atoms with Crippen LogP contribution >= 0.6 is 0 Å². The summed E-state index contributed by atoms with van der Waals surface area (Å²) in [6, 6.07) is 20.3. The lowest BCUT2D eigenvalue weighted by atomic mass is 10.1. The van der Waals surface area contributed by atoms with Gasteiger partial charge in [0.2, 0.25) is 11.8 Å². The van der Waals surface area contributed by atoms with E-state index in [2.05, 4.69) is 10.6 Å². The molecule has 1 fully saturated rings. The van der Waals surface area contributed by atoms with Crippen LogP contribution in [0, 0.1) is 26.7 Å². The summed E-state index contributed by atoms with van der Waals surface area (Å²) in [5, 5.41) is 5.84. The van der Waals surface area contributed by atoms with Crippen molar-refractivity contribution < 1.29 is 14.4 Å². The molecule has 2 N–H and O–H groups in total. The first-order valence-corrected chi connectivity index (χ1v) is 11.0. The van der Waals surface area contributed by atoms with Crippen molar-refractivity contribution in [2.24, 2.45) is 5.92 Å². The van der Waals surface area contributed by atoms with E-state index < -0.39 is 5.92 Å². The molecule has 1 aliphatic rings. The molecule has 1 heterocycles. The van der Waals surface area contributed by atoms with E-state index in [1.54, 1.807) is 29.2 Å². The maximum atomic E-state index is 12.8. The Balaban J connectivity index is 1.45. The Morgan fingerprint density at radius 2 is 1.64 bits per heavy atom. The lowest BCUT2D eigenvalue weighted by molar-refractivity contribution is -0.122. The van der Waals surface area contributed by atoms with Crippen LogP contribution in [0.15, 0.2) is 66.7 Å². The summed E-state index contributed by atoms with van der Waals surface area (Å²) in [7, 11) is 0. The average Bonchev–Trinajstić information content (AvgIpc) is 3.17. The summed E-state index contributed by atoms with van der Waals surface area (Å²) in [4.78, 5) is 39.8. The van der Waals surface area contributed by atoms with E-state index in [1.807, 2.05) is 63.2 Å². The first kappa shape index (κ1) is 22.3. The third-order valence-corrected chi connectivity index (χ3v) is 5.83. The minimum absolute atomic E-state index is 0.132. The SMILES string of the molecule is Cc1cccc(NC(=O)c2cccc(N3C[C@@H](C(=O)Nc4ccc(C)cc4C)CC3=O)c2)c1. The zero-order valence-corrected chi connectivity index (χ0v) is 19.0. The number of nitrogens with one attached hydrogen (secondary N) is 2. The van der Waals surface area contributed by atoms with Crippen molar-refractivity contribution in [3.63, 3.8) is 0 Å². The minimum atomic E-state index is -0.456. The van der Waals surface area contributed by atoms with Crippen LogP contribution in [0.2, 0.25) is 0 Å². The Morgan fingerprint density at radius 3 is 2.39 bits per heavy atom. The molecule has 0 radical (unpaired) electrons. The molecule has 3 aromatic carbocycles. The van der Waals surface area contributed by atoms with Crippen molar-refractivity contribution >= 4 is 34.8 Å². The highest BCUT2D eigenvalue weighted by Crippen LogP contribution is 2.28. The molecule has 0 aliphatic carbocycles. The van der Waals surface area contributed by atoms with Crippen molar-refractivity contribution in [2.75, 3.05) is 22.1 Å². The molecule has 4 rings (SSSR count). The first-order valence-electron chi connectivity index (χ1n) is 11.0. The molecule has 0 aromatic heterocycles. The summed E-state index contributed by atoms with van der Waals surface area (Å²) in [6.07, 6.45) is 0.135. The second kappa shape index (κ2) is 9.28. The number of anilines is 3. The highest BCUT2D eigenvalue weighted by atomic mass is 16.2. The summed E-state index contributed by atoms with van der Waals surface area (Å²) >= 11 is 0. The van der Waals surface area contributed by atoms with Gasteiger partial charge in [0.25, 0.3) is 5.91 Å². The van der Waals surface area contributed by atoms with Gasteiger partial charge in [0.1, 0.15) is 0 Å². The highest BCUT2D eigenvalue weighted by molar-refractivity contribution is 6.07. The number of carbonyl (C=O) groups is 3. The van der Waals surface area contributed by atoms with E-state index in [0.717, 1.165) is 22.4 Å². The zero-order valence-electron chi connectivity index (χ0n) is 19.0. The normalized spacial score (nSPS) is 15.4. The number of amides is 3. The van der Waals surface area contributed by atoms with Crippen molar-refractivity contribution in [1.82, 2.24) is 0 Å². The Labute approximate surface area is 193 Å². The van der Waals surface area contributed by atoms with Crippen molar-refractivity contribution in [1.29, 1.82) is 0 Å². The number of benzene rings is 3. The van der Waals surface area contributed by atoms with Gasteiger partial charge in [-0.3, -0.25) is 14.4 Å². The number of hydrogen-bond donors (Lipinski definition) is 2. The quantitative estimate of drug-likeness (QED) is 0.594. The molecular weight excluding hydrogens is 414 g/mol. The van der Waals surface area contributed by atoms with Crippen LogP contribution in [0.4, 0.5) is 17.1 Å². The van der Waals surface area contributed by atoms with Crippen molar-refractivity contribution in [3.8, 4) is 0 Å². The molecule has 168 valence electrons. The van der Waals surface area contributed by atoms with Gasteiger partial charge in [0.05, 0.1) is 5.92 Å². The minimum Gasteiger partial charge on any atom is -0.326 e. The van der Waals surface area contributed by atoms with E-state index in [4.69, 9.17) is 0 Å². The smallest absolute Gasteiger partial charge is 0.255 e. The number of rotatable bonds is 5. The van der Waals surface area contributed by atoms with E-state index in [-0.39, 0.29) is 30.7 Å². The summed E-state index contributed by atoms with van der Waals surface area (Å²) in [6.45, 7) is 6.18. The average molecular weight is 442 g/mol. The molecule has 0 unspecified atom stereocenters. The third-order valence-electron chi connectivity index (χ3n) is 5.83. The number of aryl methyl sites for hydroxylation is 3. The Kier molecular flexibility index (Phi) is 6.27. The molecule has 33 heavy (non-hydrogen) atoms. The van der Waals surface area contributed by atoms with Crippen LogP contribution in [-0.2, 0) is 9.59 Å². The fourth-order valence-corrected chi connectivity index (χ4v) is 4.06. The van der Waals surface area contributed by atoms with Crippen LogP contribution < -0.4 is 15.5 Å². The second-order valence-corrected chi connectivity index (χ2v) is 8.59. The van der Waals surface area contributed by atoms with E-state index in [9.17, 15) is 14.4 Å². The Bertz CT molecular complexity index is 1230. The van der Waals surface area contributed by atoms with Crippen LogP contribution in [0.25, 0.3) is 0 Å². The van der Waals surface area contributed by atoms with Gasteiger partial charge in [-0.05, 0) is 68.3 Å². The zero-order chi connectivity index (χ0) is 23.5. The Morgan fingerprint density at radius 1 is 0.879 bits per heavy atom. The van der Waals surface area contributed by atoms with E-state index in [1.165, 1.54) is 0 Å². The van der Waals surface area contributed by atoms with Gasteiger partial charge in [-0.15, -0.1) is 0 Å². The maximum absolute atomic E-state index is 12.8. The highest BCUT2D eigenvalue weighted by Gasteiger charge is 2.35. The monoisotopic (exact) mass is 441 g/mol. The van der Waals surface area contributed by atoms with Gasteiger partial charge in [-0.25, -0.2) is 0 Å². The molecule has 3 aromatic rings. The predicted molar refractivity (Wildman–Crippen MR) is 131 cm³/mol. The molecule has 1 aliphatic heterocycles. The first-order chi connectivity index (χ1) is 15.8. The molecule has 0 saturated carbocycles. The van der Waals surface area contributed by atoms with Crippen LogP contribution in [-0.4, -0.2) is 24.3 Å². The van der Waals surface area contributed by atoms with Crippen molar-refractivity contribution in [2.45, 2.75) is 27.2 Å². The van der Waals surface area contributed by atoms with Gasteiger partial charge >= 0.3 is 0 Å². The number of carbonyl (C=O) groups excluding carboxylic acids is 3. The predicted octanol–water partition coefficient (Wildman–Crippen LogP) is 4.86. The van der Waals surface area contributed by atoms with Gasteiger partial charge < -0.3 is 15.5 Å². The molecule has 0 spiro atoms. The summed E-state index contributed by atoms with van der Waals surface area (Å²) in [5.74, 6) is -1.01. The lowest BCUT2D eigenvalue weighted by Gasteiger charge is -2.18. The molecule has 0 bridgehead atoms. The van der Waals surface area contributed by atoms with Gasteiger partial charge in [-0.1, -0.05) is 35.9 Å². The number of nitrogens with zero attached hydrogens (tertiary/aromatic N) is 1. The van der Waals surface area contributed by atoms with Crippen molar-refractivity contribution in [3.05, 3.63) is 89.0 Å². The summed E-state index contributed by atoms with van der Waals surface area (Å²) < 4.78 is 0. The fourth-order valence-electron chi connectivity index (χ4n) is 4.06. The molecule has 1 saturated heterocycles. The molecule has 3 amide bonds. The third kappa shape index (κ3) is 5.12. The molecular formula is C27H27N3O3. The molecule has 6 nitrogen and oxygen atoms in total. The van der Waals surface area contributed by atoms with Gasteiger partial charge in [0.15, 0.2) is 0 Å². The van der Waals surface area contributed by atoms with E-state index >= 15 is 0 Å². The second-order valence-electron chi connectivity index (χ2n) is 8.59. The largest absolute Gasteiger partial charge is 0.326 e. The lowest BCUT2D eigenvalue weighted by Crippen LogP contribution is -2.28. The van der Waals surface area contributed by atoms with Crippen LogP contribution in [0.1, 0.15) is 33.5 Å². The Hall–Kier alpha value is -3.93. The van der Waals surface area contributed by atoms with E-state index in [0.29, 0.717) is 16.9 Å². The number of hydrogen-bond acceptors (Lipinski definition) is 3. The topological polar surface area (TPSA) is 78.5 Å². The van der Waals surface area contributed by atoms with Gasteiger partial charge in [-0.2, -0.15) is 0 Å². The molecule has 6 heteroatoms.